The van der Waals surface area contributed by atoms with Crippen LogP contribution in [0.5, 0.6) is 0 Å². The largest absolute Gasteiger partial charge is 0.378 e. The number of anilines is 1. The summed E-state index contributed by atoms with van der Waals surface area (Å²) in [5, 5.41) is 1.16. The lowest BCUT2D eigenvalue weighted by atomic mass is 9.96. The van der Waals surface area contributed by atoms with Crippen molar-refractivity contribution in [1.82, 2.24) is 9.97 Å². The van der Waals surface area contributed by atoms with E-state index in [9.17, 15) is 4.79 Å². The molecule has 1 aliphatic heterocycles. The molecule has 4 aromatic rings. The molecule has 1 saturated heterocycles. The number of benzene rings is 2. The summed E-state index contributed by atoms with van der Waals surface area (Å²) in [4.78, 5) is 27.8. The van der Waals surface area contributed by atoms with Crippen LogP contribution in [0.3, 0.4) is 0 Å². The third-order valence-corrected chi connectivity index (χ3v) is 7.75. The summed E-state index contributed by atoms with van der Waals surface area (Å²) in [5.41, 5.74) is 4.23. The Morgan fingerprint density at radius 3 is 2.39 bits per heavy atom. The summed E-state index contributed by atoms with van der Waals surface area (Å²) in [5.74, 6) is 1.07. The number of aromatic nitrogens is 2. The van der Waals surface area contributed by atoms with Crippen LogP contribution in [0.1, 0.15) is 39.5 Å². The van der Waals surface area contributed by atoms with Gasteiger partial charge in [0.05, 0.1) is 18.6 Å². The van der Waals surface area contributed by atoms with Crippen LogP contribution in [-0.4, -0.2) is 42.1 Å². The average molecular weight is 456 g/mol. The molecule has 33 heavy (non-hydrogen) atoms. The van der Waals surface area contributed by atoms with E-state index in [4.69, 9.17) is 14.7 Å². The lowest BCUT2D eigenvalue weighted by Gasteiger charge is -2.29. The molecule has 2 aromatic carbocycles. The number of hydrogen-bond donors (Lipinski definition) is 0. The van der Waals surface area contributed by atoms with Crippen LogP contribution >= 0.6 is 11.3 Å². The van der Waals surface area contributed by atoms with Gasteiger partial charge in [-0.05, 0) is 42.4 Å². The molecule has 0 saturated carbocycles. The first kappa shape index (κ1) is 20.5. The van der Waals surface area contributed by atoms with E-state index < -0.39 is 0 Å². The lowest BCUT2D eigenvalue weighted by Crippen LogP contribution is -2.37. The van der Waals surface area contributed by atoms with Crippen molar-refractivity contribution in [3.05, 3.63) is 76.4 Å². The molecule has 2 aliphatic rings. The van der Waals surface area contributed by atoms with Crippen molar-refractivity contribution in [3.8, 4) is 11.1 Å². The fourth-order valence-corrected chi connectivity index (χ4v) is 6.07. The number of ether oxygens (including phenoxy) is 1. The molecule has 1 fully saturated rings. The number of hydrogen-bond acceptors (Lipinski definition) is 6. The summed E-state index contributed by atoms with van der Waals surface area (Å²) < 4.78 is 5.57. The van der Waals surface area contributed by atoms with Gasteiger partial charge in [-0.3, -0.25) is 4.79 Å². The first-order chi connectivity index (χ1) is 16.3. The normalized spacial score (nSPS) is 16.1. The predicted octanol–water partition coefficient (Wildman–Crippen LogP) is 5.30. The molecule has 2 aromatic heterocycles. The molecular weight excluding hydrogens is 430 g/mol. The first-order valence-corrected chi connectivity index (χ1v) is 12.4. The maximum Gasteiger partial charge on any atom is 0.230 e. The molecule has 0 unspecified atom stereocenters. The number of thiophene rings is 1. The number of carbonyl (C=O) groups is 1. The zero-order chi connectivity index (χ0) is 22.2. The first-order valence-electron chi connectivity index (χ1n) is 11.6. The molecule has 3 heterocycles. The second-order valence-corrected chi connectivity index (χ2v) is 9.72. The van der Waals surface area contributed by atoms with Gasteiger partial charge in [-0.1, -0.05) is 54.6 Å². The number of fused-ring (bicyclic) bond motifs is 3. The smallest absolute Gasteiger partial charge is 0.230 e. The Hall–Kier alpha value is -3.09. The molecule has 0 radical (unpaired) electrons. The van der Waals surface area contributed by atoms with E-state index in [1.165, 1.54) is 23.3 Å². The minimum Gasteiger partial charge on any atom is -0.378 e. The molecule has 5 nitrogen and oxygen atoms in total. The van der Waals surface area contributed by atoms with Crippen LogP contribution in [0, 0.1) is 0 Å². The van der Waals surface area contributed by atoms with Crippen molar-refractivity contribution in [1.29, 1.82) is 0 Å². The van der Waals surface area contributed by atoms with Crippen LogP contribution in [0.15, 0.2) is 54.6 Å². The van der Waals surface area contributed by atoms with E-state index in [0.29, 0.717) is 18.8 Å². The standard InChI is InChI=1S/C27H25N3O2S/c31-24(20-12-10-19(11-13-20)18-6-2-1-3-7-18)25-28-26(30-14-16-32-17-15-30)23-21-8-4-5-9-22(21)33-27(23)29-25/h1-3,6-7,10-13H,4-5,8-9,14-17H2. The molecule has 0 amide bonds. The minimum absolute atomic E-state index is 0.127. The second kappa shape index (κ2) is 8.69. The zero-order valence-electron chi connectivity index (χ0n) is 18.4. The third-order valence-electron chi connectivity index (χ3n) is 6.56. The van der Waals surface area contributed by atoms with Gasteiger partial charge in [0.2, 0.25) is 11.6 Å². The molecule has 0 atom stereocenters. The summed E-state index contributed by atoms with van der Waals surface area (Å²) in [6, 6.07) is 17.9. The highest BCUT2D eigenvalue weighted by molar-refractivity contribution is 7.19. The summed E-state index contributed by atoms with van der Waals surface area (Å²) in [6.45, 7) is 2.94. The van der Waals surface area contributed by atoms with E-state index in [1.54, 1.807) is 11.3 Å². The van der Waals surface area contributed by atoms with Crippen molar-refractivity contribution < 1.29 is 9.53 Å². The Kier molecular flexibility index (Phi) is 5.40. The number of morpholine rings is 1. The molecule has 6 heteroatoms. The lowest BCUT2D eigenvalue weighted by molar-refractivity contribution is 0.102. The van der Waals surface area contributed by atoms with E-state index in [-0.39, 0.29) is 11.6 Å². The minimum atomic E-state index is -0.127. The Morgan fingerprint density at radius 1 is 0.879 bits per heavy atom. The third kappa shape index (κ3) is 3.83. The number of rotatable bonds is 4. The number of ketones is 1. The molecular formula is C27H25N3O2S. The van der Waals surface area contributed by atoms with Crippen LogP contribution in [-0.2, 0) is 17.6 Å². The Balaban J connectivity index is 1.41. The quantitative estimate of drug-likeness (QED) is 0.391. The van der Waals surface area contributed by atoms with Crippen LogP contribution in [0.4, 0.5) is 5.82 Å². The Bertz CT molecular complexity index is 1310. The van der Waals surface area contributed by atoms with E-state index in [2.05, 4.69) is 17.0 Å². The van der Waals surface area contributed by atoms with Gasteiger partial charge >= 0.3 is 0 Å². The highest BCUT2D eigenvalue weighted by atomic mass is 32.1. The molecule has 166 valence electrons. The van der Waals surface area contributed by atoms with Crippen LogP contribution < -0.4 is 4.90 Å². The highest BCUT2D eigenvalue weighted by Gasteiger charge is 2.26. The van der Waals surface area contributed by atoms with Gasteiger partial charge in [-0.25, -0.2) is 9.97 Å². The maximum atomic E-state index is 13.5. The van der Waals surface area contributed by atoms with Gasteiger partial charge in [0.15, 0.2) is 0 Å². The number of nitrogens with zero attached hydrogens (tertiary/aromatic N) is 3. The fourth-order valence-electron chi connectivity index (χ4n) is 4.82. The zero-order valence-corrected chi connectivity index (χ0v) is 19.2. The van der Waals surface area contributed by atoms with Gasteiger partial charge in [-0.2, -0.15) is 0 Å². The number of carbonyl (C=O) groups excluding carboxylic acids is 1. The van der Waals surface area contributed by atoms with Crippen LogP contribution in [0.25, 0.3) is 21.3 Å². The van der Waals surface area contributed by atoms with Gasteiger partial charge in [0.25, 0.3) is 0 Å². The van der Waals surface area contributed by atoms with Crippen molar-refractivity contribution in [3.63, 3.8) is 0 Å². The Labute approximate surface area is 197 Å². The van der Waals surface area contributed by atoms with Gasteiger partial charge in [0, 0.05) is 23.5 Å². The topological polar surface area (TPSA) is 55.3 Å². The van der Waals surface area contributed by atoms with E-state index in [0.717, 1.165) is 53.1 Å². The predicted molar refractivity (Wildman–Crippen MR) is 132 cm³/mol. The van der Waals surface area contributed by atoms with Gasteiger partial charge in [0.1, 0.15) is 10.6 Å². The molecule has 6 rings (SSSR count). The van der Waals surface area contributed by atoms with E-state index >= 15 is 0 Å². The average Bonchev–Trinajstić information content (AvgIpc) is 3.27. The summed E-state index contributed by atoms with van der Waals surface area (Å²) in [7, 11) is 0. The van der Waals surface area contributed by atoms with Crippen molar-refractivity contribution in [2.45, 2.75) is 25.7 Å². The second-order valence-electron chi connectivity index (χ2n) is 8.63. The molecule has 0 bridgehead atoms. The van der Waals surface area contributed by atoms with Crippen molar-refractivity contribution in [2.75, 3.05) is 31.2 Å². The van der Waals surface area contributed by atoms with Gasteiger partial charge < -0.3 is 9.64 Å². The summed E-state index contributed by atoms with van der Waals surface area (Å²) in [6.07, 6.45) is 4.60. The van der Waals surface area contributed by atoms with Crippen molar-refractivity contribution >= 4 is 33.2 Å². The SMILES string of the molecule is O=C(c1ccc(-c2ccccc2)cc1)c1nc(N2CCOCC2)c2c3c(sc2n1)CCCC3. The monoisotopic (exact) mass is 455 g/mol. The molecule has 1 aliphatic carbocycles. The van der Waals surface area contributed by atoms with E-state index in [1.807, 2.05) is 42.5 Å². The summed E-state index contributed by atoms with van der Waals surface area (Å²) >= 11 is 1.74. The fraction of sp³-hybridized carbons (Fsp3) is 0.296. The highest BCUT2D eigenvalue weighted by Crippen LogP contribution is 2.40. The van der Waals surface area contributed by atoms with Gasteiger partial charge in [-0.15, -0.1) is 11.3 Å². The van der Waals surface area contributed by atoms with Crippen LogP contribution in [0.2, 0.25) is 0 Å². The Morgan fingerprint density at radius 2 is 1.61 bits per heavy atom. The molecule has 0 spiro atoms. The van der Waals surface area contributed by atoms with Crippen molar-refractivity contribution in [2.24, 2.45) is 0 Å². The maximum absolute atomic E-state index is 13.5. The number of aryl methyl sites for hydroxylation is 2. The molecule has 0 N–H and O–H groups in total.